The van der Waals surface area contributed by atoms with Crippen molar-refractivity contribution in [2.45, 2.75) is 71.0 Å². The van der Waals surface area contributed by atoms with Crippen LogP contribution in [0.25, 0.3) is 0 Å². The molecule has 2 N–H and O–H groups in total. The monoisotopic (exact) mass is 489 g/mol. The van der Waals surface area contributed by atoms with E-state index in [-0.39, 0.29) is 41.8 Å². The molecule has 1 saturated carbocycles. The summed E-state index contributed by atoms with van der Waals surface area (Å²) in [4.78, 5) is 44.1. The quantitative estimate of drug-likeness (QED) is 0.624. The SMILES string of the molecule is CCC(C)NC(=O)C1CCC2C(=O)N(Cc3ccccc3)C3NN(Cc4ccccc4)C(=O)N3C2C1. The Morgan fingerprint density at radius 2 is 1.64 bits per heavy atom. The molecule has 8 nitrogen and oxygen atoms in total. The van der Waals surface area contributed by atoms with Gasteiger partial charge in [-0.1, -0.05) is 67.6 Å². The second kappa shape index (κ2) is 10.3. The maximum atomic E-state index is 13.8. The smallest absolute Gasteiger partial charge is 0.337 e. The predicted molar refractivity (Wildman–Crippen MR) is 136 cm³/mol. The third kappa shape index (κ3) is 4.69. The van der Waals surface area contributed by atoms with Gasteiger partial charge in [0.05, 0.1) is 12.5 Å². The second-order valence-corrected chi connectivity index (χ2v) is 10.2. The van der Waals surface area contributed by atoms with Gasteiger partial charge in [0, 0.05) is 24.5 Å². The minimum absolute atomic E-state index is 0.0271. The van der Waals surface area contributed by atoms with Gasteiger partial charge in [-0.15, -0.1) is 0 Å². The molecule has 0 radical (unpaired) electrons. The fourth-order valence-electron chi connectivity index (χ4n) is 5.64. The molecule has 3 aliphatic rings. The van der Waals surface area contributed by atoms with Crippen molar-refractivity contribution in [1.82, 2.24) is 25.6 Å². The molecule has 4 amide bonds. The van der Waals surface area contributed by atoms with Crippen LogP contribution in [0.3, 0.4) is 0 Å². The van der Waals surface area contributed by atoms with E-state index in [4.69, 9.17) is 0 Å². The first kappa shape index (κ1) is 24.3. The standard InChI is InChI=1S/C28H35N5O3/c1-3-19(2)29-25(34)22-14-15-23-24(16-22)33-27(31(26(23)35)17-20-10-6-4-7-11-20)30-32(28(33)36)18-21-12-8-5-9-13-21/h4-13,19,22-24,27,30H,3,14-18H2,1-2H3,(H,29,34). The summed E-state index contributed by atoms with van der Waals surface area (Å²) in [6.07, 6.45) is 2.04. The molecule has 5 atom stereocenters. The van der Waals surface area contributed by atoms with E-state index < -0.39 is 6.29 Å². The third-order valence-electron chi connectivity index (χ3n) is 7.81. The lowest BCUT2D eigenvalue weighted by Gasteiger charge is -2.49. The number of hydrazine groups is 1. The minimum Gasteiger partial charge on any atom is -0.353 e. The molecule has 36 heavy (non-hydrogen) atoms. The summed E-state index contributed by atoms with van der Waals surface area (Å²) < 4.78 is 0. The molecular formula is C28H35N5O3. The van der Waals surface area contributed by atoms with Crippen molar-refractivity contribution in [2.75, 3.05) is 0 Å². The summed E-state index contributed by atoms with van der Waals surface area (Å²) >= 11 is 0. The number of hydrogen-bond donors (Lipinski definition) is 2. The first-order chi connectivity index (χ1) is 17.5. The van der Waals surface area contributed by atoms with E-state index in [2.05, 4.69) is 10.7 Å². The molecule has 2 aliphatic heterocycles. The lowest BCUT2D eigenvalue weighted by atomic mass is 9.75. The van der Waals surface area contributed by atoms with Crippen LogP contribution in [0.5, 0.6) is 0 Å². The molecule has 190 valence electrons. The number of nitrogens with one attached hydrogen (secondary N) is 2. The zero-order valence-corrected chi connectivity index (χ0v) is 21.0. The van der Waals surface area contributed by atoms with Gasteiger partial charge in [0.15, 0.2) is 6.29 Å². The molecule has 2 saturated heterocycles. The maximum absolute atomic E-state index is 13.8. The van der Waals surface area contributed by atoms with Gasteiger partial charge < -0.3 is 10.2 Å². The zero-order chi connectivity index (χ0) is 25.2. The highest BCUT2D eigenvalue weighted by atomic mass is 16.2. The lowest BCUT2D eigenvalue weighted by molar-refractivity contribution is -0.160. The average molecular weight is 490 g/mol. The van der Waals surface area contributed by atoms with E-state index in [9.17, 15) is 14.4 Å². The van der Waals surface area contributed by atoms with Gasteiger partial charge in [-0.3, -0.25) is 19.5 Å². The highest BCUT2D eigenvalue weighted by Gasteiger charge is 2.56. The van der Waals surface area contributed by atoms with Crippen molar-refractivity contribution >= 4 is 17.8 Å². The van der Waals surface area contributed by atoms with Gasteiger partial charge in [0.25, 0.3) is 0 Å². The maximum Gasteiger partial charge on any atom is 0.337 e. The van der Waals surface area contributed by atoms with Gasteiger partial charge in [0.1, 0.15) is 0 Å². The Morgan fingerprint density at radius 3 is 2.28 bits per heavy atom. The summed E-state index contributed by atoms with van der Waals surface area (Å²) in [6, 6.07) is 19.3. The van der Waals surface area contributed by atoms with Crippen LogP contribution in [0.1, 0.15) is 50.7 Å². The van der Waals surface area contributed by atoms with Crippen molar-refractivity contribution in [1.29, 1.82) is 0 Å². The van der Waals surface area contributed by atoms with Gasteiger partial charge in [-0.2, -0.15) is 5.43 Å². The number of benzene rings is 2. The van der Waals surface area contributed by atoms with E-state index in [0.717, 1.165) is 17.5 Å². The van der Waals surface area contributed by atoms with E-state index in [0.29, 0.717) is 32.4 Å². The Kier molecular flexibility index (Phi) is 6.96. The summed E-state index contributed by atoms with van der Waals surface area (Å²) in [5.41, 5.74) is 5.34. The van der Waals surface area contributed by atoms with Gasteiger partial charge in [-0.25, -0.2) is 4.79 Å². The Bertz CT molecular complexity index is 1090. The van der Waals surface area contributed by atoms with Gasteiger partial charge >= 0.3 is 6.03 Å². The molecule has 0 aromatic heterocycles. The molecule has 0 spiro atoms. The topological polar surface area (TPSA) is 85.0 Å². The number of amides is 4. The van der Waals surface area contributed by atoms with Gasteiger partial charge in [-0.05, 0) is 43.7 Å². The molecule has 5 unspecified atom stereocenters. The second-order valence-electron chi connectivity index (χ2n) is 10.2. The number of hydrogen-bond acceptors (Lipinski definition) is 4. The molecule has 1 aliphatic carbocycles. The van der Waals surface area contributed by atoms with Crippen LogP contribution in [0.2, 0.25) is 0 Å². The molecule has 2 aromatic carbocycles. The van der Waals surface area contributed by atoms with E-state index in [1.807, 2.05) is 79.4 Å². The normalized spacial score (nSPS) is 26.4. The first-order valence-corrected chi connectivity index (χ1v) is 13.0. The fourth-order valence-corrected chi connectivity index (χ4v) is 5.64. The van der Waals surface area contributed by atoms with Gasteiger partial charge in [0.2, 0.25) is 11.8 Å². The summed E-state index contributed by atoms with van der Waals surface area (Å²) in [7, 11) is 0. The largest absolute Gasteiger partial charge is 0.353 e. The summed E-state index contributed by atoms with van der Waals surface area (Å²) in [6.45, 7) is 4.86. The number of fused-ring (bicyclic) bond motifs is 3. The molecule has 2 aromatic rings. The molecule has 5 rings (SSSR count). The number of carbonyl (C=O) groups is 3. The Hall–Kier alpha value is -3.39. The Labute approximate surface area is 212 Å². The summed E-state index contributed by atoms with van der Waals surface area (Å²) in [5.74, 6) is -0.433. The van der Waals surface area contributed by atoms with Crippen molar-refractivity contribution in [3.63, 3.8) is 0 Å². The van der Waals surface area contributed by atoms with E-state index in [1.165, 1.54) is 0 Å². The predicted octanol–water partition coefficient (Wildman–Crippen LogP) is 3.45. The van der Waals surface area contributed by atoms with Crippen molar-refractivity contribution < 1.29 is 14.4 Å². The fraction of sp³-hybridized carbons (Fsp3) is 0.464. The highest BCUT2D eigenvalue weighted by molar-refractivity contribution is 5.87. The lowest BCUT2D eigenvalue weighted by Crippen LogP contribution is -2.66. The first-order valence-electron chi connectivity index (χ1n) is 13.0. The zero-order valence-electron chi connectivity index (χ0n) is 21.0. The molecule has 0 bridgehead atoms. The van der Waals surface area contributed by atoms with Crippen LogP contribution in [0, 0.1) is 11.8 Å². The van der Waals surface area contributed by atoms with E-state index >= 15 is 0 Å². The number of carbonyl (C=O) groups excluding carboxylic acids is 3. The Balaban J connectivity index is 1.42. The van der Waals surface area contributed by atoms with Crippen LogP contribution < -0.4 is 10.7 Å². The molecular weight excluding hydrogens is 454 g/mol. The van der Waals surface area contributed by atoms with Crippen LogP contribution >= 0.6 is 0 Å². The van der Waals surface area contributed by atoms with Crippen LogP contribution in [-0.4, -0.2) is 51.0 Å². The average Bonchev–Trinajstić information content (AvgIpc) is 3.22. The van der Waals surface area contributed by atoms with Crippen LogP contribution in [-0.2, 0) is 22.7 Å². The van der Waals surface area contributed by atoms with E-state index in [1.54, 1.807) is 9.91 Å². The van der Waals surface area contributed by atoms with Crippen LogP contribution in [0.15, 0.2) is 60.7 Å². The number of urea groups is 1. The Morgan fingerprint density at radius 1 is 1.00 bits per heavy atom. The highest BCUT2D eigenvalue weighted by Crippen LogP contribution is 2.41. The van der Waals surface area contributed by atoms with Crippen molar-refractivity contribution in [2.24, 2.45) is 11.8 Å². The van der Waals surface area contributed by atoms with Crippen molar-refractivity contribution in [3.8, 4) is 0 Å². The molecule has 2 heterocycles. The summed E-state index contributed by atoms with van der Waals surface area (Å²) in [5, 5.41) is 4.70. The van der Waals surface area contributed by atoms with Crippen molar-refractivity contribution in [3.05, 3.63) is 71.8 Å². The number of nitrogens with zero attached hydrogens (tertiary/aromatic N) is 3. The van der Waals surface area contributed by atoms with Crippen LogP contribution in [0.4, 0.5) is 4.79 Å². The molecule has 8 heteroatoms. The third-order valence-corrected chi connectivity index (χ3v) is 7.81. The minimum atomic E-state index is -0.577. The molecule has 3 fully saturated rings. The number of rotatable bonds is 7.